The Bertz CT molecular complexity index is 825. The minimum Gasteiger partial charge on any atom is -0.481 e. The molecule has 0 radical (unpaired) electrons. The van der Waals surface area contributed by atoms with Crippen LogP contribution in [0, 0.1) is 62.6 Å². The van der Waals surface area contributed by atoms with Crippen LogP contribution in [0.3, 0.4) is 0 Å². The summed E-state index contributed by atoms with van der Waals surface area (Å²) in [5, 5.41) is 10.5. The summed E-state index contributed by atoms with van der Waals surface area (Å²) in [6, 6.07) is 0. The zero-order valence-corrected chi connectivity index (χ0v) is 21.8. The molecule has 2 heteroatoms. The number of allylic oxidation sites excluding steroid dienone is 2. The lowest BCUT2D eigenvalue weighted by molar-refractivity contribution is -0.224. The van der Waals surface area contributed by atoms with Gasteiger partial charge in [-0.15, -0.1) is 0 Å². The van der Waals surface area contributed by atoms with Gasteiger partial charge in [0.2, 0.25) is 0 Å². The van der Waals surface area contributed by atoms with E-state index in [1.807, 2.05) is 0 Å². The number of rotatable bonds is 2. The fourth-order valence-corrected chi connectivity index (χ4v) is 11.3. The van der Waals surface area contributed by atoms with E-state index >= 15 is 0 Å². The summed E-state index contributed by atoms with van der Waals surface area (Å²) in [4.78, 5) is 12.8. The predicted octanol–water partition coefficient (Wildman–Crippen LogP) is 7.97. The normalized spacial score (nSPS) is 53.8. The van der Waals surface area contributed by atoms with Gasteiger partial charge in [0.15, 0.2) is 0 Å². The average molecular weight is 441 g/mol. The molecule has 4 saturated carbocycles. The fourth-order valence-electron chi connectivity index (χ4n) is 11.3. The van der Waals surface area contributed by atoms with Crippen LogP contribution in [0.1, 0.15) is 106 Å². The molecule has 0 aromatic rings. The number of aliphatic carboxylic acids is 1. The minimum absolute atomic E-state index is 0.264. The van der Waals surface area contributed by atoms with Crippen molar-refractivity contribution in [3.63, 3.8) is 0 Å². The van der Waals surface area contributed by atoms with Crippen LogP contribution in [0.25, 0.3) is 0 Å². The van der Waals surface area contributed by atoms with E-state index in [1.165, 1.54) is 32.1 Å². The van der Waals surface area contributed by atoms with E-state index in [9.17, 15) is 9.90 Å². The third kappa shape index (κ3) is 2.62. The Hall–Kier alpha value is -0.790. The Morgan fingerprint density at radius 3 is 2.25 bits per heavy atom. The van der Waals surface area contributed by atoms with Gasteiger partial charge in [0.25, 0.3) is 0 Å². The molecule has 0 bridgehead atoms. The summed E-state index contributed by atoms with van der Waals surface area (Å²) >= 11 is 0. The van der Waals surface area contributed by atoms with Gasteiger partial charge in [-0.1, -0.05) is 60.6 Å². The van der Waals surface area contributed by atoms with Gasteiger partial charge in [0, 0.05) is 0 Å². The second-order valence-corrected chi connectivity index (χ2v) is 14.6. The number of hydrogen-bond acceptors (Lipinski definition) is 1. The highest BCUT2D eigenvalue weighted by atomic mass is 16.4. The second-order valence-electron chi connectivity index (χ2n) is 14.6. The number of carbonyl (C=O) groups is 1. The van der Waals surface area contributed by atoms with Crippen LogP contribution in [0.15, 0.2) is 12.2 Å². The van der Waals surface area contributed by atoms with Crippen LogP contribution in [0.5, 0.6) is 0 Å². The second kappa shape index (κ2) is 6.88. The van der Waals surface area contributed by atoms with Gasteiger partial charge in [0.05, 0.1) is 5.41 Å². The Kier molecular flexibility index (Phi) is 4.94. The van der Waals surface area contributed by atoms with E-state index in [0.717, 1.165) is 37.5 Å². The molecule has 0 saturated heterocycles. The number of carboxylic acids is 1. The molecular weight excluding hydrogens is 392 g/mol. The first-order valence-electron chi connectivity index (χ1n) is 13.7. The maximum Gasteiger partial charge on any atom is 0.309 e. The standard InChI is InChI=1S/C30H48O2/c1-19(2)20-11-16-30(25(31)32)18-17-28(6)21(24(20)30)9-10-23-27(5)14-8-13-26(3,4)22(27)12-15-29(23,28)7/h8,14,19-24H,9-13,15-18H2,1-7H3,(H,31,32)/t20-,21+,22-,23+,24+,27-,28+,29+,30-/m0/s1. The van der Waals surface area contributed by atoms with Crippen molar-refractivity contribution in [3.8, 4) is 0 Å². The molecule has 32 heavy (non-hydrogen) atoms. The molecule has 1 N–H and O–H groups in total. The third-order valence-corrected chi connectivity index (χ3v) is 13.0. The van der Waals surface area contributed by atoms with Gasteiger partial charge in [-0.05, 0) is 115 Å². The lowest BCUT2D eigenvalue weighted by Crippen LogP contribution is -2.65. The summed E-state index contributed by atoms with van der Waals surface area (Å²) in [6.45, 7) is 17.6. The maximum absolute atomic E-state index is 12.8. The average Bonchev–Trinajstić information content (AvgIpc) is 3.09. The largest absolute Gasteiger partial charge is 0.481 e. The molecule has 0 heterocycles. The van der Waals surface area contributed by atoms with E-state index in [2.05, 4.69) is 60.6 Å². The van der Waals surface area contributed by atoms with Crippen molar-refractivity contribution in [3.05, 3.63) is 12.2 Å². The van der Waals surface area contributed by atoms with Crippen molar-refractivity contribution in [2.45, 2.75) is 106 Å². The lowest BCUT2D eigenvalue weighted by atomic mass is 9.33. The van der Waals surface area contributed by atoms with Crippen molar-refractivity contribution < 1.29 is 9.90 Å². The summed E-state index contributed by atoms with van der Waals surface area (Å²) in [5.41, 5.74) is 0.809. The molecule has 0 spiro atoms. The first-order valence-corrected chi connectivity index (χ1v) is 13.7. The summed E-state index contributed by atoms with van der Waals surface area (Å²) in [7, 11) is 0. The molecule has 0 amide bonds. The molecule has 0 unspecified atom stereocenters. The number of fused-ring (bicyclic) bond motifs is 7. The van der Waals surface area contributed by atoms with Crippen molar-refractivity contribution in [2.24, 2.45) is 62.6 Å². The van der Waals surface area contributed by atoms with E-state index in [1.54, 1.807) is 0 Å². The van der Waals surface area contributed by atoms with Crippen LogP contribution >= 0.6 is 0 Å². The minimum atomic E-state index is -0.479. The molecule has 5 aliphatic carbocycles. The molecular formula is C30H48O2. The highest BCUT2D eigenvalue weighted by molar-refractivity contribution is 5.76. The van der Waals surface area contributed by atoms with Crippen LogP contribution < -0.4 is 0 Å². The Balaban J connectivity index is 1.58. The van der Waals surface area contributed by atoms with E-state index in [-0.39, 0.29) is 10.8 Å². The molecule has 2 nitrogen and oxygen atoms in total. The zero-order valence-electron chi connectivity index (χ0n) is 21.8. The molecule has 0 aromatic heterocycles. The number of hydrogen-bond donors (Lipinski definition) is 1. The number of carboxylic acid groups (broad SMARTS) is 1. The van der Waals surface area contributed by atoms with Gasteiger partial charge in [-0.3, -0.25) is 4.79 Å². The first-order chi connectivity index (χ1) is 14.8. The van der Waals surface area contributed by atoms with Gasteiger partial charge in [-0.2, -0.15) is 0 Å². The summed E-state index contributed by atoms with van der Waals surface area (Å²) in [5.74, 6) is 3.13. The molecule has 180 valence electrons. The van der Waals surface area contributed by atoms with Crippen LogP contribution in [0.4, 0.5) is 0 Å². The van der Waals surface area contributed by atoms with Crippen LogP contribution in [-0.2, 0) is 4.79 Å². The molecule has 5 rings (SSSR count). The van der Waals surface area contributed by atoms with Crippen molar-refractivity contribution in [1.29, 1.82) is 0 Å². The predicted molar refractivity (Wildman–Crippen MR) is 131 cm³/mol. The highest BCUT2D eigenvalue weighted by Gasteiger charge is 2.71. The smallest absolute Gasteiger partial charge is 0.309 e. The SMILES string of the molecule is CC(C)[C@@H]1CC[C@]2(C(=O)O)CC[C@]3(C)[C@H](CC[C@@H]4[C@@]5(C)C=CCC(C)(C)[C@@H]5CC[C@]43C)[C@@H]12. The van der Waals surface area contributed by atoms with E-state index < -0.39 is 11.4 Å². The molecule has 5 aliphatic rings. The van der Waals surface area contributed by atoms with Gasteiger partial charge < -0.3 is 5.11 Å². The summed E-state index contributed by atoms with van der Waals surface area (Å²) < 4.78 is 0. The lowest BCUT2D eigenvalue weighted by Gasteiger charge is -2.71. The topological polar surface area (TPSA) is 37.3 Å². The monoisotopic (exact) mass is 440 g/mol. The molecule has 0 aliphatic heterocycles. The zero-order chi connectivity index (χ0) is 23.3. The Morgan fingerprint density at radius 2 is 1.59 bits per heavy atom. The van der Waals surface area contributed by atoms with E-state index in [4.69, 9.17) is 0 Å². The van der Waals surface area contributed by atoms with Gasteiger partial charge in [-0.25, -0.2) is 0 Å². The Labute approximate surface area is 197 Å². The molecule has 4 fully saturated rings. The third-order valence-electron chi connectivity index (χ3n) is 13.0. The van der Waals surface area contributed by atoms with Crippen molar-refractivity contribution in [2.75, 3.05) is 0 Å². The first kappa shape index (κ1) is 23.0. The van der Waals surface area contributed by atoms with Crippen molar-refractivity contribution in [1.82, 2.24) is 0 Å². The maximum atomic E-state index is 12.8. The fraction of sp³-hybridized carbons (Fsp3) is 0.900. The van der Waals surface area contributed by atoms with Crippen LogP contribution in [0.2, 0.25) is 0 Å². The summed E-state index contributed by atoms with van der Waals surface area (Å²) in [6.07, 6.45) is 15.6. The van der Waals surface area contributed by atoms with Crippen molar-refractivity contribution >= 4 is 5.97 Å². The molecule has 0 aromatic carbocycles. The van der Waals surface area contributed by atoms with Gasteiger partial charge >= 0.3 is 5.97 Å². The van der Waals surface area contributed by atoms with Gasteiger partial charge in [0.1, 0.15) is 0 Å². The van der Waals surface area contributed by atoms with E-state index in [0.29, 0.717) is 34.5 Å². The van der Waals surface area contributed by atoms with Crippen LogP contribution in [-0.4, -0.2) is 11.1 Å². The molecule has 9 atom stereocenters. The Morgan fingerprint density at radius 1 is 0.875 bits per heavy atom. The highest BCUT2D eigenvalue weighted by Crippen LogP contribution is 2.77. The quantitative estimate of drug-likeness (QED) is 0.442.